The van der Waals surface area contributed by atoms with E-state index in [2.05, 4.69) is 27.7 Å². The summed E-state index contributed by atoms with van der Waals surface area (Å²) in [5, 5.41) is 5.01. The van der Waals surface area contributed by atoms with Crippen molar-refractivity contribution in [2.45, 2.75) is 63.6 Å². The molecule has 6 nitrogen and oxygen atoms in total. The molecule has 2 aliphatic rings. The van der Waals surface area contributed by atoms with Crippen LogP contribution >= 0.6 is 11.3 Å². The number of nitrogens with two attached hydrogens (primary N) is 1. The number of nitrogens with zero attached hydrogens (tertiary/aromatic N) is 2. The van der Waals surface area contributed by atoms with Gasteiger partial charge in [0.1, 0.15) is 11.9 Å². The van der Waals surface area contributed by atoms with E-state index in [1.165, 1.54) is 61.2 Å². The molecule has 1 unspecified atom stereocenters. The zero-order valence-electron chi connectivity index (χ0n) is 20.3. The van der Waals surface area contributed by atoms with E-state index in [0.29, 0.717) is 37.5 Å². The maximum absolute atomic E-state index is 13.4. The number of piperidine rings is 1. The van der Waals surface area contributed by atoms with E-state index < -0.39 is 6.04 Å². The standard InChI is InChI=1S/C27H37FN4O2S/c28-22-10-8-21(9-11-22)27(34)32-15-12-23(17-25(32)26(33)30-14-13-29)31(19-24-7-4-16-35-24)18-20-5-2-1-3-6-20/h4,7-11,16,20,23,25H,1-3,5-6,12-15,17-19,29H2,(H,30,33)/t23?,25-/m1/s1. The number of halogens is 1. The van der Waals surface area contributed by atoms with Gasteiger partial charge in [-0.1, -0.05) is 25.3 Å². The van der Waals surface area contributed by atoms with Gasteiger partial charge in [0.15, 0.2) is 0 Å². The lowest BCUT2D eigenvalue weighted by atomic mass is 9.87. The van der Waals surface area contributed by atoms with Crippen LogP contribution in [-0.2, 0) is 11.3 Å². The number of carbonyl (C=O) groups is 2. The second-order valence-corrected chi connectivity index (χ2v) is 10.8. The summed E-state index contributed by atoms with van der Waals surface area (Å²) in [6, 6.07) is 9.46. The molecule has 35 heavy (non-hydrogen) atoms. The molecule has 0 radical (unpaired) electrons. The Bertz CT molecular complexity index is 947. The molecule has 2 atom stereocenters. The van der Waals surface area contributed by atoms with Crippen LogP contribution in [0.4, 0.5) is 4.39 Å². The highest BCUT2D eigenvalue weighted by Gasteiger charge is 2.39. The van der Waals surface area contributed by atoms with Crippen LogP contribution < -0.4 is 11.1 Å². The SMILES string of the molecule is NCCNC(=O)[C@H]1CC(N(Cc2cccs2)CC2CCCCC2)CCN1C(=O)c1ccc(F)cc1. The predicted octanol–water partition coefficient (Wildman–Crippen LogP) is 4.02. The normalized spacial score (nSPS) is 21.3. The summed E-state index contributed by atoms with van der Waals surface area (Å²) >= 11 is 1.77. The molecule has 190 valence electrons. The third kappa shape index (κ3) is 6.90. The van der Waals surface area contributed by atoms with Gasteiger partial charge in [-0.2, -0.15) is 0 Å². The van der Waals surface area contributed by atoms with E-state index in [9.17, 15) is 14.0 Å². The van der Waals surface area contributed by atoms with E-state index >= 15 is 0 Å². The van der Waals surface area contributed by atoms with Gasteiger partial charge in [-0.15, -0.1) is 11.3 Å². The van der Waals surface area contributed by atoms with Crippen molar-refractivity contribution in [3.8, 4) is 0 Å². The number of amides is 2. The smallest absolute Gasteiger partial charge is 0.254 e. The van der Waals surface area contributed by atoms with Gasteiger partial charge in [0.05, 0.1) is 0 Å². The average Bonchev–Trinajstić information content (AvgIpc) is 3.40. The van der Waals surface area contributed by atoms with Crippen LogP contribution in [0.25, 0.3) is 0 Å². The van der Waals surface area contributed by atoms with Crippen molar-refractivity contribution in [1.29, 1.82) is 0 Å². The van der Waals surface area contributed by atoms with Gasteiger partial charge in [-0.3, -0.25) is 14.5 Å². The minimum atomic E-state index is -0.574. The van der Waals surface area contributed by atoms with Crippen molar-refractivity contribution < 1.29 is 14.0 Å². The Labute approximate surface area is 211 Å². The monoisotopic (exact) mass is 500 g/mol. The molecule has 1 aliphatic heterocycles. The van der Waals surface area contributed by atoms with Gasteiger partial charge in [-0.05, 0) is 67.3 Å². The molecule has 0 spiro atoms. The van der Waals surface area contributed by atoms with Gasteiger partial charge < -0.3 is 16.0 Å². The molecule has 4 rings (SSSR count). The highest BCUT2D eigenvalue weighted by atomic mass is 32.1. The molecule has 2 fully saturated rings. The zero-order valence-corrected chi connectivity index (χ0v) is 21.1. The lowest BCUT2D eigenvalue weighted by Gasteiger charge is -2.44. The Balaban J connectivity index is 1.53. The Morgan fingerprint density at radius 1 is 1.11 bits per heavy atom. The number of likely N-dealkylation sites (tertiary alicyclic amines) is 1. The lowest BCUT2D eigenvalue weighted by molar-refractivity contribution is -0.127. The first-order valence-corrected chi connectivity index (χ1v) is 13.7. The molecular weight excluding hydrogens is 463 g/mol. The number of benzene rings is 1. The summed E-state index contributed by atoms with van der Waals surface area (Å²) < 4.78 is 13.4. The molecule has 1 aromatic carbocycles. The Hall–Kier alpha value is -2.29. The number of nitrogens with one attached hydrogen (secondary N) is 1. The highest BCUT2D eigenvalue weighted by molar-refractivity contribution is 7.09. The van der Waals surface area contributed by atoms with Crippen molar-refractivity contribution in [3.63, 3.8) is 0 Å². The Morgan fingerprint density at radius 2 is 1.89 bits per heavy atom. The van der Waals surface area contributed by atoms with Gasteiger partial charge in [0.25, 0.3) is 5.91 Å². The fraction of sp³-hybridized carbons (Fsp3) is 0.556. The lowest BCUT2D eigenvalue weighted by Crippen LogP contribution is -2.58. The van der Waals surface area contributed by atoms with Crippen molar-refractivity contribution in [3.05, 3.63) is 58.0 Å². The number of thiophene rings is 1. The number of hydrogen-bond acceptors (Lipinski definition) is 5. The van der Waals surface area contributed by atoms with Crippen molar-refractivity contribution in [2.75, 3.05) is 26.2 Å². The molecule has 2 heterocycles. The highest BCUT2D eigenvalue weighted by Crippen LogP contribution is 2.30. The molecular formula is C27H37FN4O2S. The molecule has 1 aromatic heterocycles. The Morgan fingerprint density at radius 3 is 2.57 bits per heavy atom. The molecule has 8 heteroatoms. The first-order chi connectivity index (χ1) is 17.0. The molecule has 2 amide bonds. The van der Waals surface area contributed by atoms with Crippen LogP contribution in [0, 0.1) is 11.7 Å². The van der Waals surface area contributed by atoms with E-state index in [0.717, 1.165) is 19.5 Å². The topological polar surface area (TPSA) is 78.7 Å². The second-order valence-electron chi connectivity index (χ2n) is 9.79. The minimum Gasteiger partial charge on any atom is -0.353 e. The largest absolute Gasteiger partial charge is 0.353 e. The van der Waals surface area contributed by atoms with Crippen LogP contribution in [0.1, 0.15) is 60.2 Å². The third-order valence-electron chi connectivity index (χ3n) is 7.35. The summed E-state index contributed by atoms with van der Waals surface area (Å²) in [6.45, 7) is 3.13. The first kappa shape index (κ1) is 25.8. The van der Waals surface area contributed by atoms with E-state index in [1.807, 2.05) is 0 Å². The van der Waals surface area contributed by atoms with Gasteiger partial charge >= 0.3 is 0 Å². The quantitative estimate of drug-likeness (QED) is 0.545. The fourth-order valence-electron chi connectivity index (χ4n) is 5.49. The van der Waals surface area contributed by atoms with Crippen molar-refractivity contribution >= 4 is 23.2 Å². The third-order valence-corrected chi connectivity index (χ3v) is 8.21. The minimum absolute atomic E-state index is 0.163. The van der Waals surface area contributed by atoms with Gasteiger partial charge in [-0.25, -0.2) is 4.39 Å². The summed E-state index contributed by atoms with van der Waals surface area (Å²) in [5.41, 5.74) is 6.03. The van der Waals surface area contributed by atoms with Crippen LogP contribution in [0.5, 0.6) is 0 Å². The van der Waals surface area contributed by atoms with E-state index in [1.54, 1.807) is 16.2 Å². The Kier molecular flexibility index (Phi) is 9.29. The second kappa shape index (κ2) is 12.6. The van der Waals surface area contributed by atoms with Crippen molar-refractivity contribution in [2.24, 2.45) is 11.7 Å². The van der Waals surface area contributed by atoms with Gasteiger partial charge in [0.2, 0.25) is 5.91 Å². The summed E-state index contributed by atoms with van der Waals surface area (Å²) in [4.78, 5) is 32.1. The van der Waals surface area contributed by atoms with E-state index in [4.69, 9.17) is 5.73 Å². The fourth-order valence-corrected chi connectivity index (χ4v) is 6.22. The van der Waals surface area contributed by atoms with Crippen LogP contribution in [0.15, 0.2) is 41.8 Å². The molecule has 3 N–H and O–H groups in total. The summed E-state index contributed by atoms with van der Waals surface area (Å²) in [5.74, 6) is -0.0886. The summed E-state index contributed by atoms with van der Waals surface area (Å²) in [6.07, 6.45) is 7.85. The number of rotatable bonds is 9. The molecule has 1 aliphatic carbocycles. The zero-order chi connectivity index (χ0) is 24.6. The molecule has 1 saturated carbocycles. The van der Waals surface area contributed by atoms with Crippen LogP contribution in [0.3, 0.4) is 0 Å². The summed E-state index contributed by atoms with van der Waals surface area (Å²) in [7, 11) is 0. The van der Waals surface area contributed by atoms with E-state index in [-0.39, 0.29) is 23.7 Å². The molecule has 2 aromatic rings. The number of carbonyl (C=O) groups excluding carboxylic acids is 2. The van der Waals surface area contributed by atoms with Crippen LogP contribution in [0.2, 0.25) is 0 Å². The van der Waals surface area contributed by atoms with Crippen molar-refractivity contribution in [1.82, 2.24) is 15.1 Å². The predicted molar refractivity (Wildman–Crippen MR) is 138 cm³/mol. The van der Waals surface area contributed by atoms with Gasteiger partial charge in [0, 0.05) is 49.2 Å². The molecule has 1 saturated heterocycles. The maximum Gasteiger partial charge on any atom is 0.254 e. The molecule has 0 bridgehead atoms. The van der Waals surface area contributed by atoms with Crippen LogP contribution in [-0.4, -0.2) is 59.9 Å². The first-order valence-electron chi connectivity index (χ1n) is 12.9. The number of hydrogen-bond donors (Lipinski definition) is 2. The maximum atomic E-state index is 13.4. The average molecular weight is 501 g/mol.